The van der Waals surface area contributed by atoms with Crippen LogP contribution in [0.25, 0.3) is 0 Å². The van der Waals surface area contributed by atoms with E-state index in [1.54, 1.807) is 14.2 Å². The number of halogens is 1. The second-order valence-electron chi connectivity index (χ2n) is 3.67. The Morgan fingerprint density at radius 2 is 1.83 bits per heavy atom. The van der Waals surface area contributed by atoms with E-state index in [0.717, 1.165) is 16.6 Å². The van der Waals surface area contributed by atoms with E-state index in [-0.39, 0.29) is 0 Å². The van der Waals surface area contributed by atoms with E-state index >= 15 is 0 Å². The molecule has 1 aromatic carbocycles. The third-order valence-electron chi connectivity index (χ3n) is 2.27. The molecule has 0 unspecified atom stereocenters. The first kappa shape index (κ1) is 14.9. The first-order chi connectivity index (χ1) is 8.62. The molecule has 0 radical (unpaired) electrons. The van der Waals surface area contributed by atoms with Gasteiger partial charge in [0.1, 0.15) is 6.61 Å². The zero-order valence-electron chi connectivity index (χ0n) is 10.9. The highest BCUT2D eigenvalue weighted by atomic mass is 79.9. The van der Waals surface area contributed by atoms with Gasteiger partial charge in [-0.05, 0) is 24.7 Å². The second kappa shape index (κ2) is 7.28. The average Bonchev–Trinajstić information content (AvgIpc) is 2.36. The average molecular weight is 316 g/mol. The minimum atomic E-state index is 0.359. The molecule has 0 aliphatic carbocycles. The molecule has 0 atom stereocenters. The molecule has 0 aliphatic rings. The first-order valence-electron chi connectivity index (χ1n) is 5.48. The van der Waals surface area contributed by atoms with Crippen LogP contribution in [0.3, 0.4) is 0 Å². The van der Waals surface area contributed by atoms with Crippen LogP contribution < -0.4 is 19.5 Å². The largest absolute Gasteiger partial charge is 0.493 e. The van der Waals surface area contributed by atoms with Gasteiger partial charge in [0.25, 0.3) is 0 Å². The van der Waals surface area contributed by atoms with Gasteiger partial charge in [-0.2, -0.15) is 0 Å². The molecule has 0 amide bonds. The van der Waals surface area contributed by atoms with E-state index in [9.17, 15) is 0 Å². The lowest BCUT2D eigenvalue weighted by atomic mass is 10.2. The minimum Gasteiger partial charge on any atom is -0.493 e. The Kier molecular flexibility index (Phi) is 6.01. The fourth-order valence-electron chi connectivity index (χ4n) is 1.53. The Labute approximate surface area is 116 Å². The molecule has 0 bridgehead atoms. The molecule has 0 saturated heterocycles. The number of methoxy groups -OCH3 is 2. The predicted molar refractivity (Wildman–Crippen MR) is 75.9 cm³/mol. The first-order valence-corrected chi connectivity index (χ1v) is 6.27. The van der Waals surface area contributed by atoms with Crippen LogP contribution in [-0.2, 0) is 6.54 Å². The van der Waals surface area contributed by atoms with Gasteiger partial charge < -0.3 is 19.5 Å². The number of benzene rings is 1. The summed E-state index contributed by atoms with van der Waals surface area (Å²) in [5.74, 6) is 1.88. The van der Waals surface area contributed by atoms with Gasteiger partial charge >= 0.3 is 0 Å². The second-order valence-corrected chi connectivity index (χ2v) is 4.79. The minimum absolute atomic E-state index is 0.359. The van der Waals surface area contributed by atoms with Gasteiger partial charge in [-0.25, -0.2) is 0 Å². The molecule has 1 aromatic rings. The summed E-state index contributed by atoms with van der Waals surface area (Å²) in [4.78, 5) is 0. The fraction of sp³-hybridized carbons (Fsp3) is 0.385. The molecular formula is C13H18BrNO3. The quantitative estimate of drug-likeness (QED) is 0.840. The van der Waals surface area contributed by atoms with Crippen LogP contribution in [0.5, 0.6) is 17.2 Å². The summed E-state index contributed by atoms with van der Waals surface area (Å²) in [6.45, 7) is 4.82. The van der Waals surface area contributed by atoms with Crippen LogP contribution in [0.4, 0.5) is 0 Å². The molecule has 0 heterocycles. The molecule has 1 rings (SSSR count). The van der Waals surface area contributed by atoms with Gasteiger partial charge in [-0.15, -0.1) is 0 Å². The van der Waals surface area contributed by atoms with Gasteiger partial charge in [0, 0.05) is 11.0 Å². The molecule has 0 fully saturated rings. The van der Waals surface area contributed by atoms with Gasteiger partial charge in [-0.1, -0.05) is 22.5 Å². The number of hydrogen-bond donors (Lipinski definition) is 1. The van der Waals surface area contributed by atoms with Gasteiger partial charge in [0.05, 0.1) is 14.2 Å². The van der Waals surface area contributed by atoms with Crippen molar-refractivity contribution in [1.82, 2.24) is 5.32 Å². The van der Waals surface area contributed by atoms with E-state index in [1.807, 2.05) is 19.2 Å². The van der Waals surface area contributed by atoms with Crippen LogP contribution >= 0.6 is 15.9 Å². The summed E-state index contributed by atoms with van der Waals surface area (Å²) in [6, 6.07) is 3.84. The lowest BCUT2D eigenvalue weighted by Gasteiger charge is -2.15. The molecule has 0 saturated carbocycles. The van der Waals surface area contributed by atoms with Crippen LogP contribution in [0.1, 0.15) is 5.56 Å². The maximum atomic E-state index is 5.63. The third kappa shape index (κ3) is 3.92. The Bertz CT molecular complexity index is 396. The van der Waals surface area contributed by atoms with E-state index in [4.69, 9.17) is 14.2 Å². The summed E-state index contributed by atoms with van der Waals surface area (Å²) in [6.07, 6.45) is 0. The van der Waals surface area contributed by atoms with Crippen LogP contribution in [0, 0.1) is 0 Å². The molecular weight excluding hydrogens is 298 g/mol. The van der Waals surface area contributed by atoms with Crippen molar-refractivity contribution in [2.24, 2.45) is 0 Å². The summed E-state index contributed by atoms with van der Waals surface area (Å²) >= 11 is 3.25. The van der Waals surface area contributed by atoms with Crippen molar-refractivity contribution in [3.05, 3.63) is 28.8 Å². The molecule has 18 heavy (non-hydrogen) atoms. The Morgan fingerprint density at radius 3 is 2.22 bits per heavy atom. The zero-order chi connectivity index (χ0) is 13.5. The predicted octanol–water partition coefficient (Wildman–Crippen LogP) is 2.71. The summed E-state index contributed by atoms with van der Waals surface area (Å²) in [5, 5.41) is 3.08. The smallest absolute Gasteiger partial charge is 0.203 e. The Hall–Kier alpha value is -1.20. The van der Waals surface area contributed by atoms with E-state index in [1.165, 1.54) is 0 Å². The summed E-state index contributed by atoms with van der Waals surface area (Å²) < 4.78 is 17.0. The highest BCUT2D eigenvalue weighted by molar-refractivity contribution is 9.11. The maximum absolute atomic E-state index is 5.63. The molecule has 0 aromatic heterocycles. The summed E-state index contributed by atoms with van der Waals surface area (Å²) in [7, 11) is 5.10. The number of nitrogens with one attached hydrogen (secondary N) is 1. The van der Waals surface area contributed by atoms with E-state index in [0.29, 0.717) is 23.9 Å². The van der Waals surface area contributed by atoms with E-state index in [2.05, 4.69) is 27.8 Å². The molecule has 0 spiro atoms. The fourth-order valence-corrected chi connectivity index (χ4v) is 1.65. The number of rotatable bonds is 7. The Morgan fingerprint density at radius 1 is 1.28 bits per heavy atom. The Balaban J connectivity index is 3.08. The SMILES string of the molecule is C=C(Br)COc1c(OC)cc(CNC)cc1OC. The topological polar surface area (TPSA) is 39.7 Å². The molecule has 1 N–H and O–H groups in total. The van der Waals surface area contributed by atoms with E-state index < -0.39 is 0 Å². The van der Waals surface area contributed by atoms with Crippen molar-refractivity contribution >= 4 is 15.9 Å². The van der Waals surface area contributed by atoms with Crippen molar-refractivity contribution in [3.63, 3.8) is 0 Å². The van der Waals surface area contributed by atoms with Crippen LogP contribution in [0.15, 0.2) is 23.2 Å². The lowest BCUT2D eigenvalue weighted by molar-refractivity contribution is 0.299. The van der Waals surface area contributed by atoms with Gasteiger partial charge in [0.15, 0.2) is 11.5 Å². The van der Waals surface area contributed by atoms with Gasteiger partial charge in [-0.3, -0.25) is 0 Å². The third-order valence-corrected chi connectivity index (χ3v) is 2.50. The highest BCUT2D eigenvalue weighted by Gasteiger charge is 2.14. The van der Waals surface area contributed by atoms with Gasteiger partial charge in [0.2, 0.25) is 5.75 Å². The van der Waals surface area contributed by atoms with Crippen molar-refractivity contribution in [3.8, 4) is 17.2 Å². The molecule has 100 valence electrons. The molecule has 4 nitrogen and oxygen atoms in total. The van der Waals surface area contributed by atoms with Crippen molar-refractivity contribution < 1.29 is 14.2 Å². The number of ether oxygens (including phenoxy) is 3. The normalized spacial score (nSPS) is 10.0. The molecule has 5 heteroatoms. The van der Waals surface area contributed by atoms with Crippen LogP contribution in [0.2, 0.25) is 0 Å². The maximum Gasteiger partial charge on any atom is 0.203 e. The summed E-state index contributed by atoms with van der Waals surface area (Å²) in [5.41, 5.74) is 1.07. The van der Waals surface area contributed by atoms with Crippen molar-refractivity contribution in [1.29, 1.82) is 0 Å². The highest BCUT2D eigenvalue weighted by Crippen LogP contribution is 2.38. The zero-order valence-corrected chi connectivity index (χ0v) is 12.5. The molecule has 0 aliphatic heterocycles. The van der Waals surface area contributed by atoms with Crippen LogP contribution in [-0.4, -0.2) is 27.9 Å². The number of hydrogen-bond acceptors (Lipinski definition) is 4. The monoisotopic (exact) mass is 315 g/mol. The lowest BCUT2D eigenvalue weighted by Crippen LogP contribution is -2.07. The van der Waals surface area contributed by atoms with Crippen molar-refractivity contribution in [2.75, 3.05) is 27.9 Å². The van der Waals surface area contributed by atoms with Crippen molar-refractivity contribution in [2.45, 2.75) is 6.54 Å². The standard InChI is InChI=1S/C13H18BrNO3/c1-9(14)8-18-13-11(16-3)5-10(7-15-2)6-12(13)17-4/h5-6,15H,1,7-8H2,2-4H3.